The molecule has 0 amide bonds. The fraction of sp³-hybridized carbons (Fsp3) is 0.350. The summed E-state index contributed by atoms with van der Waals surface area (Å²) in [5.74, 6) is 1.65. The van der Waals surface area contributed by atoms with Gasteiger partial charge in [-0.15, -0.1) is 0 Å². The first-order valence-electron chi connectivity index (χ1n) is 8.69. The van der Waals surface area contributed by atoms with Crippen LogP contribution in [0.25, 0.3) is 11.0 Å². The molecule has 1 N–H and O–H groups in total. The number of aromatic nitrogens is 2. The van der Waals surface area contributed by atoms with Gasteiger partial charge in [0.25, 0.3) is 0 Å². The van der Waals surface area contributed by atoms with E-state index in [9.17, 15) is 4.39 Å². The van der Waals surface area contributed by atoms with E-state index in [1.165, 1.54) is 25.0 Å². The molecule has 124 valence electrons. The highest BCUT2D eigenvalue weighted by molar-refractivity contribution is 5.76. The molecule has 0 unspecified atom stereocenters. The van der Waals surface area contributed by atoms with Crippen LogP contribution in [0.2, 0.25) is 0 Å². The maximum absolute atomic E-state index is 13.2. The van der Waals surface area contributed by atoms with Crippen LogP contribution in [0.1, 0.15) is 24.2 Å². The molecule has 24 heavy (non-hydrogen) atoms. The van der Waals surface area contributed by atoms with Crippen molar-refractivity contribution in [1.29, 1.82) is 0 Å². The van der Waals surface area contributed by atoms with E-state index < -0.39 is 0 Å². The van der Waals surface area contributed by atoms with Gasteiger partial charge in [0.2, 0.25) is 0 Å². The van der Waals surface area contributed by atoms with Gasteiger partial charge in [0, 0.05) is 13.0 Å². The maximum atomic E-state index is 13.2. The summed E-state index contributed by atoms with van der Waals surface area (Å²) in [6.07, 6.45) is 3.43. The molecule has 0 spiro atoms. The van der Waals surface area contributed by atoms with Crippen LogP contribution < -0.4 is 5.32 Å². The second kappa shape index (κ2) is 6.73. The molecule has 1 saturated heterocycles. The fourth-order valence-electron chi connectivity index (χ4n) is 3.57. The van der Waals surface area contributed by atoms with Crippen LogP contribution in [-0.2, 0) is 13.0 Å². The zero-order valence-electron chi connectivity index (χ0n) is 13.7. The van der Waals surface area contributed by atoms with Gasteiger partial charge in [-0.05, 0) is 61.7 Å². The molecule has 4 rings (SSSR count). The molecule has 0 bridgehead atoms. The van der Waals surface area contributed by atoms with E-state index in [4.69, 9.17) is 4.98 Å². The molecular formula is C20H22FN3. The van der Waals surface area contributed by atoms with Gasteiger partial charge < -0.3 is 9.88 Å². The van der Waals surface area contributed by atoms with Crippen molar-refractivity contribution in [3.63, 3.8) is 0 Å². The van der Waals surface area contributed by atoms with Crippen molar-refractivity contribution >= 4 is 11.0 Å². The third-order valence-corrected chi connectivity index (χ3v) is 4.92. The van der Waals surface area contributed by atoms with Crippen molar-refractivity contribution in [2.24, 2.45) is 5.92 Å². The number of para-hydroxylation sites is 2. The number of piperidine rings is 1. The minimum absolute atomic E-state index is 0.191. The fourth-order valence-corrected chi connectivity index (χ4v) is 3.57. The predicted molar refractivity (Wildman–Crippen MR) is 94.5 cm³/mol. The van der Waals surface area contributed by atoms with Crippen molar-refractivity contribution in [2.45, 2.75) is 25.8 Å². The Balaban J connectivity index is 1.68. The quantitative estimate of drug-likeness (QED) is 0.792. The van der Waals surface area contributed by atoms with E-state index in [1.807, 2.05) is 18.2 Å². The summed E-state index contributed by atoms with van der Waals surface area (Å²) in [7, 11) is 0. The second-order valence-corrected chi connectivity index (χ2v) is 6.63. The van der Waals surface area contributed by atoms with Crippen LogP contribution in [0.4, 0.5) is 4.39 Å². The van der Waals surface area contributed by atoms with Crippen LogP contribution in [0.15, 0.2) is 48.5 Å². The Morgan fingerprint density at radius 2 is 1.79 bits per heavy atom. The Kier molecular flexibility index (Phi) is 4.30. The highest BCUT2D eigenvalue weighted by atomic mass is 19.1. The van der Waals surface area contributed by atoms with E-state index in [0.29, 0.717) is 5.92 Å². The minimum Gasteiger partial charge on any atom is -0.323 e. The van der Waals surface area contributed by atoms with Gasteiger partial charge in [-0.25, -0.2) is 9.37 Å². The number of halogens is 1. The molecule has 4 heteroatoms. The van der Waals surface area contributed by atoms with E-state index in [2.05, 4.69) is 28.1 Å². The van der Waals surface area contributed by atoms with E-state index in [1.54, 1.807) is 0 Å². The molecule has 3 aromatic rings. The normalized spacial score (nSPS) is 15.9. The van der Waals surface area contributed by atoms with Gasteiger partial charge in [0.15, 0.2) is 0 Å². The number of fused-ring (bicyclic) bond motifs is 1. The number of nitrogens with one attached hydrogen (secondary N) is 1. The summed E-state index contributed by atoms with van der Waals surface area (Å²) < 4.78 is 15.5. The van der Waals surface area contributed by atoms with Crippen LogP contribution in [-0.4, -0.2) is 22.6 Å². The lowest BCUT2D eigenvalue weighted by molar-refractivity contribution is 0.364. The Morgan fingerprint density at radius 3 is 2.58 bits per heavy atom. The van der Waals surface area contributed by atoms with Gasteiger partial charge in [-0.2, -0.15) is 0 Å². The van der Waals surface area contributed by atoms with Crippen molar-refractivity contribution < 1.29 is 4.39 Å². The Labute approximate surface area is 141 Å². The average Bonchev–Trinajstić information content (AvgIpc) is 2.95. The number of hydrogen-bond donors (Lipinski definition) is 1. The molecular weight excluding hydrogens is 301 g/mol. The smallest absolute Gasteiger partial charge is 0.123 e. The number of benzene rings is 2. The number of hydrogen-bond acceptors (Lipinski definition) is 2. The summed E-state index contributed by atoms with van der Waals surface area (Å²) in [4.78, 5) is 4.89. The van der Waals surface area contributed by atoms with E-state index in [-0.39, 0.29) is 5.82 Å². The van der Waals surface area contributed by atoms with Gasteiger partial charge in [-0.3, -0.25) is 0 Å². The zero-order valence-corrected chi connectivity index (χ0v) is 13.7. The standard InChI is InChI=1S/C20H22FN3/c21-17-7-5-16(6-8-17)14-24-19-4-2-1-3-18(19)23-20(24)13-15-9-11-22-12-10-15/h1-8,15,22H,9-14H2. The molecule has 1 aromatic heterocycles. The number of rotatable bonds is 4. The van der Waals surface area contributed by atoms with Crippen molar-refractivity contribution in [1.82, 2.24) is 14.9 Å². The second-order valence-electron chi connectivity index (χ2n) is 6.63. The third-order valence-electron chi connectivity index (χ3n) is 4.92. The van der Waals surface area contributed by atoms with Crippen LogP contribution in [0.5, 0.6) is 0 Å². The largest absolute Gasteiger partial charge is 0.323 e. The summed E-state index contributed by atoms with van der Waals surface area (Å²) >= 11 is 0. The average molecular weight is 323 g/mol. The SMILES string of the molecule is Fc1ccc(Cn2c(CC3CCNCC3)nc3ccccc32)cc1. The van der Waals surface area contributed by atoms with E-state index >= 15 is 0 Å². The molecule has 3 nitrogen and oxygen atoms in total. The van der Waals surface area contributed by atoms with Crippen molar-refractivity contribution in [3.05, 3.63) is 65.7 Å². The molecule has 0 aliphatic carbocycles. The van der Waals surface area contributed by atoms with Gasteiger partial charge in [0.1, 0.15) is 11.6 Å². The molecule has 1 fully saturated rings. The first-order valence-corrected chi connectivity index (χ1v) is 8.69. The van der Waals surface area contributed by atoms with Crippen LogP contribution >= 0.6 is 0 Å². The minimum atomic E-state index is -0.191. The Bertz CT molecular complexity index is 817. The van der Waals surface area contributed by atoms with Crippen LogP contribution in [0.3, 0.4) is 0 Å². The number of nitrogens with zero attached hydrogens (tertiary/aromatic N) is 2. The first-order chi connectivity index (χ1) is 11.8. The van der Waals surface area contributed by atoms with Crippen LogP contribution in [0, 0.1) is 11.7 Å². The predicted octanol–water partition coefficient (Wildman–Crippen LogP) is 3.77. The summed E-state index contributed by atoms with van der Waals surface area (Å²) in [6, 6.07) is 15.1. The van der Waals surface area contributed by atoms with Crippen molar-refractivity contribution in [3.8, 4) is 0 Å². The molecule has 0 radical (unpaired) electrons. The van der Waals surface area contributed by atoms with E-state index in [0.717, 1.165) is 48.5 Å². The highest BCUT2D eigenvalue weighted by Crippen LogP contribution is 2.23. The summed E-state index contributed by atoms with van der Waals surface area (Å²) in [5.41, 5.74) is 3.31. The zero-order chi connectivity index (χ0) is 16.4. The lowest BCUT2D eigenvalue weighted by atomic mass is 9.94. The monoisotopic (exact) mass is 323 g/mol. The summed E-state index contributed by atoms with van der Waals surface area (Å²) in [6.45, 7) is 2.94. The molecule has 2 heterocycles. The Morgan fingerprint density at radius 1 is 1.04 bits per heavy atom. The molecule has 0 atom stereocenters. The van der Waals surface area contributed by atoms with Gasteiger partial charge in [-0.1, -0.05) is 24.3 Å². The first kappa shape index (κ1) is 15.3. The molecule has 1 aliphatic heterocycles. The van der Waals surface area contributed by atoms with Gasteiger partial charge >= 0.3 is 0 Å². The Hall–Kier alpha value is -2.20. The molecule has 0 saturated carbocycles. The third kappa shape index (κ3) is 3.20. The maximum Gasteiger partial charge on any atom is 0.123 e. The lowest BCUT2D eigenvalue weighted by Crippen LogP contribution is -2.29. The highest BCUT2D eigenvalue weighted by Gasteiger charge is 2.18. The summed E-state index contributed by atoms with van der Waals surface area (Å²) in [5, 5.41) is 3.42. The topological polar surface area (TPSA) is 29.9 Å². The van der Waals surface area contributed by atoms with Gasteiger partial charge in [0.05, 0.1) is 11.0 Å². The lowest BCUT2D eigenvalue weighted by Gasteiger charge is -2.22. The number of imidazole rings is 1. The molecule has 2 aromatic carbocycles. The molecule has 1 aliphatic rings. The van der Waals surface area contributed by atoms with Crippen molar-refractivity contribution in [2.75, 3.05) is 13.1 Å².